The van der Waals surface area contributed by atoms with E-state index >= 15 is 0 Å². The highest BCUT2D eigenvalue weighted by Crippen LogP contribution is 2.33. The van der Waals surface area contributed by atoms with Crippen molar-refractivity contribution in [3.8, 4) is 0 Å². The summed E-state index contributed by atoms with van der Waals surface area (Å²) >= 11 is 12.1. The highest BCUT2D eigenvalue weighted by atomic mass is 35.5. The number of rotatable bonds is 4. The first-order valence-corrected chi connectivity index (χ1v) is 8.58. The number of anilines is 2. The number of nitrogens with zero attached hydrogens (tertiary/aromatic N) is 1. The normalized spacial score (nSPS) is 14.5. The molecule has 3 rings (SSSR count). The van der Waals surface area contributed by atoms with Crippen molar-refractivity contribution in [2.75, 3.05) is 10.2 Å². The molecule has 0 radical (unpaired) electrons. The topological polar surface area (TPSA) is 49.4 Å². The first kappa shape index (κ1) is 17.5. The first-order chi connectivity index (χ1) is 11.9. The molecule has 0 saturated carbocycles. The van der Waals surface area contributed by atoms with E-state index in [1.165, 1.54) is 5.56 Å². The summed E-state index contributed by atoms with van der Waals surface area (Å²) in [4.78, 5) is 26.3. The second kappa shape index (κ2) is 6.90. The van der Waals surface area contributed by atoms with Gasteiger partial charge in [0.2, 0.25) is 0 Å². The number of carbonyl (C=O) groups excluding carboxylic acids is 2. The summed E-state index contributed by atoms with van der Waals surface area (Å²) in [6.07, 6.45) is 0.921. The van der Waals surface area contributed by atoms with Gasteiger partial charge in [-0.3, -0.25) is 9.59 Å². The Hall–Kier alpha value is -2.30. The Morgan fingerprint density at radius 1 is 1.00 bits per heavy atom. The molecule has 0 aliphatic carbocycles. The van der Waals surface area contributed by atoms with Gasteiger partial charge < -0.3 is 5.32 Å². The molecule has 128 valence electrons. The van der Waals surface area contributed by atoms with E-state index in [2.05, 4.69) is 12.2 Å². The second-order valence-corrected chi connectivity index (χ2v) is 6.56. The zero-order valence-electron chi connectivity index (χ0n) is 13.8. The first-order valence-electron chi connectivity index (χ1n) is 7.83. The van der Waals surface area contributed by atoms with E-state index in [9.17, 15) is 9.59 Å². The third kappa shape index (κ3) is 3.28. The third-order valence-electron chi connectivity index (χ3n) is 4.06. The molecule has 0 unspecified atom stereocenters. The van der Waals surface area contributed by atoms with Crippen LogP contribution in [0.15, 0.2) is 53.2 Å². The van der Waals surface area contributed by atoms with E-state index in [0.717, 1.165) is 11.3 Å². The predicted octanol–water partition coefficient (Wildman–Crippen LogP) is 4.65. The lowest BCUT2D eigenvalue weighted by Gasteiger charge is -2.17. The van der Waals surface area contributed by atoms with Gasteiger partial charge in [0.15, 0.2) is 0 Å². The number of hydrogen-bond acceptors (Lipinski definition) is 3. The molecular formula is C19H16Cl2N2O2. The number of aryl methyl sites for hydroxylation is 2. The molecule has 0 bridgehead atoms. The molecule has 2 aromatic carbocycles. The van der Waals surface area contributed by atoms with Crippen LogP contribution in [-0.2, 0) is 16.0 Å². The quantitative estimate of drug-likeness (QED) is 0.792. The Balaban J connectivity index is 1.90. The molecule has 1 aliphatic heterocycles. The van der Waals surface area contributed by atoms with Gasteiger partial charge in [-0.25, -0.2) is 4.90 Å². The monoisotopic (exact) mass is 374 g/mol. The summed E-state index contributed by atoms with van der Waals surface area (Å²) in [5.41, 5.74) is 3.13. The third-order valence-corrected chi connectivity index (χ3v) is 4.64. The fraction of sp³-hybridized carbons (Fsp3) is 0.158. The van der Waals surface area contributed by atoms with E-state index in [0.29, 0.717) is 22.0 Å². The molecule has 0 fully saturated rings. The standard InChI is InChI=1S/C19H16Cl2N2O2/c1-3-12-4-7-14(8-5-12)22-17-16(21)18(24)23(19(17)25)15-9-6-13(20)10-11(15)2/h4-10,22H,3H2,1-2H3. The van der Waals surface area contributed by atoms with Gasteiger partial charge in [-0.1, -0.05) is 42.3 Å². The minimum Gasteiger partial charge on any atom is -0.350 e. The maximum Gasteiger partial charge on any atom is 0.283 e. The molecule has 0 atom stereocenters. The van der Waals surface area contributed by atoms with E-state index in [-0.39, 0.29) is 10.7 Å². The summed E-state index contributed by atoms with van der Waals surface area (Å²) in [7, 11) is 0. The van der Waals surface area contributed by atoms with Crippen LogP contribution in [0.2, 0.25) is 5.02 Å². The fourth-order valence-corrected chi connectivity index (χ4v) is 3.11. The fourth-order valence-electron chi connectivity index (χ4n) is 2.67. The highest BCUT2D eigenvalue weighted by Gasteiger charge is 2.39. The molecule has 0 spiro atoms. The summed E-state index contributed by atoms with van der Waals surface area (Å²) in [6.45, 7) is 3.85. The molecule has 6 heteroatoms. The van der Waals surface area contributed by atoms with E-state index < -0.39 is 11.8 Å². The Bertz CT molecular complexity index is 889. The largest absolute Gasteiger partial charge is 0.350 e. The minimum absolute atomic E-state index is 0.0743. The van der Waals surface area contributed by atoms with E-state index in [1.54, 1.807) is 25.1 Å². The zero-order valence-corrected chi connectivity index (χ0v) is 15.3. The van der Waals surface area contributed by atoms with Gasteiger partial charge in [-0.2, -0.15) is 0 Å². The van der Waals surface area contributed by atoms with Crippen molar-refractivity contribution in [3.63, 3.8) is 0 Å². The number of amides is 2. The molecule has 0 saturated heterocycles. The Morgan fingerprint density at radius 2 is 1.68 bits per heavy atom. The van der Waals surface area contributed by atoms with Crippen molar-refractivity contribution in [1.29, 1.82) is 0 Å². The molecule has 1 aliphatic rings. The Labute approximate surface area is 156 Å². The van der Waals surface area contributed by atoms with Crippen LogP contribution in [0.3, 0.4) is 0 Å². The van der Waals surface area contributed by atoms with Crippen LogP contribution in [0.5, 0.6) is 0 Å². The van der Waals surface area contributed by atoms with Crippen molar-refractivity contribution in [3.05, 3.63) is 69.3 Å². The van der Waals surface area contributed by atoms with Crippen LogP contribution in [0.25, 0.3) is 0 Å². The average molecular weight is 375 g/mol. The van der Waals surface area contributed by atoms with Crippen LogP contribution < -0.4 is 10.2 Å². The smallest absolute Gasteiger partial charge is 0.283 e. The van der Waals surface area contributed by atoms with Crippen molar-refractivity contribution in [2.24, 2.45) is 0 Å². The van der Waals surface area contributed by atoms with Gasteiger partial charge in [0.25, 0.3) is 11.8 Å². The number of imide groups is 1. The molecule has 4 nitrogen and oxygen atoms in total. The lowest BCUT2D eigenvalue weighted by Crippen LogP contribution is -2.32. The van der Waals surface area contributed by atoms with Crippen LogP contribution in [-0.4, -0.2) is 11.8 Å². The van der Waals surface area contributed by atoms with E-state index in [4.69, 9.17) is 23.2 Å². The molecule has 2 amide bonds. The van der Waals surface area contributed by atoms with Gasteiger partial charge in [0.1, 0.15) is 10.7 Å². The number of carbonyl (C=O) groups is 2. The van der Waals surface area contributed by atoms with Crippen LogP contribution in [0.4, 0.5) is 11.4 Å². The van der Waals surface area contributed by atoms with Crippen molar-refractivity contribution >= 4 is 46.4 Å². The van der Waals surface area contributed by atoms with Crippen molar-refractivity contribution in [2.45, 2.75) is 20.3 Å². The number of benzene rings is 2. The van der Waals surface area contributed by atoms with E-state index in [1.807, 2.05) is 24.3 Å². The lowest BCUT2D eigenvalue weighted by molar-refractivity contribution is -0.120. The van der Waals surface area contributed by atoms with Crippen LogP contribution >= 0.6 is 23.2 Å². The van der Waals surface area contributed by atoms with Gasteiger partial charge in [-0.05, 0) is 54.8 Å². The Kier molecular flexibility index (Phi) is 4.84. The van der Waals surface area contributed by atoms with Crippen molar-refractivity contribution in [1.82, 2.24) is 0 Å². The minimum atomic E-state index is -0.551. The van der Waals surface area contributed by atoms with Crippen LogP contribution in [0, 0.1) is 6.92 Å². The summed E-state index contributed by atoms with van der Waals surface area (Å²) in [6, 6.07) is 12.6. The second-order valence-electron chi connectivity index (χ2n) is 5.74. The van der Waals surface area contributed by atoms with Gasteiger partial charge >= 0.3 is 0 Å². The molecule has 1 N–H and O–H groups in total. The molecule has 0 aromatic heterocycles. The summed E-state index contributed by atoms with van der Waals surface area (Å²) < 4.78 is 0. The molecule has 25 heavy (non-hydrogen) atoms. The highest BCUT2D eigenvalue weighted by molar-refractivity contribution is 6.53. The number of nitrogens with one attached hydrogen (secondary N) is 1. The van der Waals surface area contributed by atoms with Gasteiger partial charge in [-0.15, -0.1) is 0 Å². The molecule has 2 aromatic rings. The molecule has 1 heterocycles. The van der Waals surface area contributed by atoms with Gasteiger partial charge in [0, 0.05) is 10.7 Å². The maximum atomic E-state index is 12.8. The Morgan fingerprint density at radius 3 is 2.28 bits per heavy atom. The molecular weight excluding hydrogens is 359 g/mol. The predicted molar refractivity (Wildman–Crippen MR) is 101 cm³/mol. The SMILES string of the molecule is CCc1ccc(NC2=C(Cl)C(=O)N(c3ccc(Cl)cc3C)C2=O)cc1. The van der Waals surface area contributed by atoms with Crippen molar-refractivity contribution < 1.29 is 9.59 Å². The van der Waals surface area contributed by atoms with Gasteiger partial charge in [0.05, 0.1) is 5.69 Å². The number of hydrogen-bond donors (Lipinski definition) is 1. The zero-order chi connectivity index (χ0) is 18.1. The maximum absolute atomic E-state index is 12.8. The van der Waals surface area contributed by atoms with Crippen LogP contribution in [0.1, 0.15) is 18.1 Å². The summed E-state index contributed by atoms with van der Waals surface area (Å²) in [5, 5.41) is 3.37. The average Bonchev–Trinajstić information content (AvgIpc) is 2.80. The lowest BCUT2D eigenvalue weighted by atomic mass is 10.1. The number of halogens is 2. The summed E-state index contributed by atoms with van der Waals surface area (Å²) in [5.74, 6) is -1.04.